The predicted molar refractivity (Wildman–Crippen MR) is 101 cm³/mol. The number of carbonyl (C=O) groups excluding carboxylic acids is 1. The Bertz CT molecular complexity index is 753. The number of aryl methyl sites for hydroxylation is 1. The Balaban J connectivity index is 1.58. The number of amides is 1. The van der Waals surface area contributed by atoms with Crippen molar-refractivity contribution < 1.29 is 13.9 Å². The van der Waals surface area contributed by atoms with Gasteiger partial charge in [0.1, 0.15) is 5.76 Å². The number of hydrogen-bond acceptors (Lipinski definition) is 4. The number of halogens is 1. The van der Waals surface area contributed by atoms with Gasteiger partial charge in [-0.3, -0.25) is 4.79 Å². The third-order valence-electron chi connectivity index (χ3n) is 4.77. The minimum Gasteiger partial charge on any atom is -0.441 e. The van der Waals surface area contributed by atoms with Gasteiger partial charge in [-0.15, -0.1) is 0 Å². The lowest BCUT2D eigenvalue weighted by Crippen LogP contribution is -2.32. The Morgan fingerprint density at radius 1 is 1.38 bits per heavy atom. The number of carbonyl (C=O) groups is 1. The first-order valence-electron chi connectivity index (χ1n) is 9.10. The number of hydrogen-bond donors (Lipinski definition) is 0. The van der Waals surface area contributed by atoms with E-state index >= 15 is 0 Å². The first-order chi connectivity index (χ1) is 12.5. The number of rotatable bonds is 6. The van der Waals surface area contributed by atoms with Gasteiger partial charge in [-0.05, 0) is 50.8 Å². The van der Waals surface area contributed by atoms with Crippen LogP contribution >= 0.6 is 11.6 Å². The SMILES string of the molecule is Cc1oc(-c2cccc(Cl)c2)nc1CC(=O)N(C)CCC1CCCCO1. The van der Waals surface area contributed by atoms with Gasteiger partial charge >= 0.3 is 0 Å². The highest BCUT2D eigenvalue weighted by atomic mass is 35.5. The standard InChI is InChI=1S/C20H25ClN2O3/c1-14-18(22-20(26-14)15-6-5-7-16(21)12-15)13-19(24)23(2)10-9-17-8-3-4-11-25-17/h5-7,12,17H,3-4,8-11,13H2,1-2H3. The summed E-state index contributed by atoms with van der Waals surface area (Å²) in [7, 11) is 1.83. The second kappa shape index (κ2) is 8.69. The highest BCUT2D eigenvalue weighted by Crippen LogP contribution is 2.24. The normalized spacial score (nSPS) is 17.3. The molecule has 0 bridgehead atoms. The summed E-state index contributed by atoms with van der Waals surface area (Å²) in [6.45, 7) is 3.37. The average molecular weight is 377 g/mol. The second-order valence-electron chi connectivity index (χ2n) is 6.80. The van der Waals surface area contributed by atoms with Crippen molar-refractivity contribution in [2.75, 3.05) is 20.2 Å². The van der Waals surface area contributed by atoms with E-state index in [-0.39, 0.29) is 18.4 Å². The topological polar surface area (TPSA) is 55.6 Å². The van der Waals surface area contributed by atoms with Crippen molar-refractivity contribution in [3.63, 3.8) is 0 Å². The van der Waals surface area contributed by atoms with E-state index in [4.69, 9.17) is 20.8 Å². The molecule has 1 aliphatic heterocycles. The maximum atomic E-state index is 12.5. The fraction of sp³-hybridized carbons (Fsp3) is 0.500. The highest BCUT2D eigenvalue weighted by molar-refractivity contribution is 6.30. The fourth-order valence-corrected chi connectivity index (χ4v) is 3.30. The summed E-state index contributed by atoms with van der Waals surface area (Å²) in [6, 6.07) is 7.34. The Morgan fingerprint density at radius 3 is 2.96 bits per heavy atom. The molecule has 1 amide bonds. The molecule has 26 heavy (non-hydrogen) atoms. The van der Waals surface area contributed by atoms with Gasteiger partial charge in [0, 0.05) is 30.8 Å². The summed E-state index contributed by atoms with van der Waals surface area (Å²) in [5.41, 5.74) is 1.48. The van der Waals surface area contributed by atoms with E-state index in [0.29, 0.717) is 28.9 Å². The number of oxazole rings is 1. The van der Waals surface area contributed by atoms with Crippen molar-refractivity contribution >= 4 is 17.5 Å². The van der Waals surface area contributed by atoms with Crippen LogP contribution in [0.4, 0.5) is 0 Å². The maximum absolute atomic E-state index is 12.5. The molecule has 0 spiro atoms. The van der Waals surface area contributed by atoms with Gasteiger partial charge in [0.2, 0.25) is 11.8 Å². The molecule has 2 heterocycles. The van der Waals surface area contributed by atoms with Crippen LogP contribution < -0.4 is 0 Å². The number of benzene rings is 1. The Kier molecular flexibility index (Phi) is 6.33. The molecule has 2 aromatic rings. The van der Waals surface area contributed by atoms with E-state index < -0.39 is 0 Å². The van der Waals surface area contributed by atoms with Gasteiger partial charge in [0.25, 0.3) is 0 Å². The third-order valence-corrected chi connectivity index (χ3v) is 5.00. The molecule has 1 aromatic heterocycles. The first-order valence-corrected chi connectivity index (χ1v) is 9.48. The predicted octanol–water partition coefficient (Wildman–Crippen LogP) is 4.26. The largest absolute Gasteiger partial charge is 0.441 e. The molecule has 1 unspecified atom stereocenters. The van der Waals surface area contributed by atoms with E-state index in [1.54, 1.807) is 17.0 Å². The molecule has 0 N–H and O–H groups in total. The molecular formula is C20H25ClN2O3. The molecule has 1 aromatic carbocycles. The van der Waals surface area contributed by atoms with E-state index in [0.717, 1.165) is 31.4 Å². The van der Waals surface area contributed by atoms with Crippen LogP contribution in [0.15, 0.2) is 28.7 Å². The van der Waals surface area contributed by atoms with Gasteiger partial charge in [-0.1, -0.05) is 17.7 Å². The number of ether oxygens (including phenoxy) is 1. The highest BCUT2D eigenvalue weighted by Gasteiger charge is 2.19. The second-order valence-corrected chi connectivity index (χ2v) is 7.24. The molecular weight excluding hydrogens is 352 g/mol. The zero-order valence-electron chi connectivity index (χ0n) is 15.3. The molecule has 140 valence electrons. The Hall–Kier alpha value is -1.85. The lowest BCUT2D eigenvalue weighted by atomic mass is 10.1. The fourth-order valence-electron chi connectivity index (χ4n) is 3.11. The summed E-state index contributed by atoms with van der Waals surface area (Å²) in [6.07, 6.45) is 4.85. The van der Waals surface area contributed by atoms with Gasteiger partial charge < -0.3 is 14.1 Å². The van der Waals surface area contributed by atoms with Crippen molar-refractivity contribution in [3.05, 3.63) is 40.7 Å². The molecule has 5 nitrogen and oxygen atoms in total. The third kappa shape index (κ3) is 4.86. The molecule has 6 heteroatoms. The summed E-state index contributed by atoms with van der Waals surface area (Å²) in [4.78, 5) is 18.8. The van der Waals surface area contributed by atoms with E-state index in [1.807, 2.05) is 26.1 Å². The number of likely N-dealkylation sites (N-methyl/N-ethyl adjacent to an activating group) is 1. The lowest BCUT2D eigenvalue weighted by molar-refractivity contribution is -0.129. The van der Waals surface area contributed by atoms with Gasteiger partial charge in [0.15, 0.2) is 0 Å². The lowest BCUT2D eigenvalue weighted by Gasteiger charge is -2.25. The van der Waals surface area contributed by atoms with E-state index in [2.05, 4.69) is 4.98 Å². The van der Waals surface area contributed by atoms with Gasteiger partial charge in [0.05, 0.1) is 18.2 Å². The van der Waals surface area contributed by atoms with Crippen LogP contribution in [0.1, 0.15) is 37.1 Å². The maximum Gasteiger partial charge on any atom is 0.228 e. The van der Waals surface area contributed by atoms with Crippen molar-refractivity contribution in [3.8, 4) is 11.5 Å². The molecule has 1 saturated heterocycles. The van der Waals surface area contributed by atoms with Crippen LogP contribution in [0.2, 0.25) is 5.02 Å². The van der Waals surface area contributed by atoms with Crippen molar-refractivity contribution in [2.45, 2.75) is 45.1 Å². The van der Waals surface area contributed by atoms with Crippen LogP contribution in [-0.2, 0) is 16.0 Å². The molecule has 0 saturated carbocycles. The Morgan fingerprint density at radius 2 is 2.23 bits per heavy atom. The molecule has 0 radical (unpaired) electrons. The molecule has 1 fully saturated rings. The molecule has 3 rings (SSSR count). The van der Waals surface area contributed by atoms with Crippen LogP contribution in [0.5, 0.6) is 0 Å². The van der Waals surface area contributed by atoms with E-state index in [1.165, 1.54) is 6.42 Å². The zero-order chi connectivity index (χ0) is 18.5. The minimum atomic E-state index is 0.0369. The van der Waals surface area contributed by atoms with Crippen LogP contribution in [0.3, 0.4) is 0 Å². The average Bonchev–Trinajstić information content (AvgIpc) is 3.01. The first kappa shape index (κ1) is 18.9. The van der Waals surface area contributed by atoms with Crippen LogP contribution in [0, 0.1) is 6.92 Å². The zero-order valence-corrected chi connectivity index (χ0v) is 16.1. The molecule has 1 atom stereocenters. The van der Waals surface area contributed by atoms with Crippen molar-refractivity contribution in [1.29, 1.82) is 0 Å². The smallest absolute Gasteiger partial charge is 0.228 e. The Labute approximate surface area is 159 Å². The molecule has 1 aliphatic rings. The monoisotopic (exact) mass is 376 g/mol. The van der Waals surface area contributed by atoms with Crippen LogP contribution in [-0.4, -0.2) is 42.1 Å². The summed E-state index contributed by atoms with van der Waals surface area (Å²) >= 11 is 6.03. The number of aromatic nitrogens is 1. The van der Waals surface area contributed by atoms with Crippen LogP contribution in [0.25, 0.3) is 11.5 Å². The van der Waals surface area contributed by atoms with Gasteiger partial charge in [-0.2, -0.15) is 0 Å². The van der Waals surface area contributed by atoms with E-state index in [9.17, 15) is 4.79 Å². The minimum absolute atomic E-state index is 0.0369. The van der Waals surface area contributed by atoms with Crippen molar-refractivity contribution in [2.24, 2.45) is 0 Å². The van der Waals surface area contributed by atoms with Crippen molar-refractivity contribution in [1.82, 2.24) is 9.88 Å². The number of nitrogens with zero attached hydrogens (tertiary/aromatic N) is 2. The summed E-state index contributed by atoms with van der Waals surface area (Å²) < 4.78 is 11.5. The van der Waals surface area contributed by atoms with Gasteiger partial charge in [-0.25, -0.2) is 4.98 Å². The summed E-state index contributed by atoms with van der Waals surface area (Å²) in [5, 5.41) is 0.626. The molecule has 0 aliphatic carbocycles. The summed E-state index contributed by atoms with van der Waals surface area (Å²) in [5.74, 6) is 1.19. The quantitative estimate of drug-likeness (QED) is 0.755.